The van der Waals surface area contributed by atoms with Crippen molar-refractivity contribution >= 4 is 11.5 Å². The molecule has 2 aliphatic rings. The molecule has 2 aliphatic heterocycles. The minimum atomic E-state index is 0.298. The fourth-order valence-electron chi connectivity index (χ4n) is 6.17. The lowest BCUT2D eigenvalue weighted by molar-refractivity contribution is 0.0974. The van der Waals surface area contributed by atoms with Crippen LogP contribution in [-0.4, -0.2) is 41.8 Å². The Hall–Kier alpha value is -3.26. The summed E-state index contributed by atoms with van der Waals surface area (Å²) in [5, 5.41) is 0. The van der Waals surface area contributed by atoms with Crippen molar-refractivity contribution in [2.75, 3.05) is 26.2 Å². The molecule has 0 N–H and O–H groups in total. The van der Waals surface area contributed by atoms with Crippen molar-refractivity contribution in [1.82, 2.24) is 9.80 Å². The topological polar surface area (TPSA) is 27.9 Å². The number of rotatable bonds is 9. The number of piperidine rings is 1. The van der Waals surface area contributed by atoms with Crippen LogP contribution in [0.5, 0.6) is 0 Å². The largest absolute Gasteiger partial charge is 0.299 e. The number of hydrogen-bond acceptors (Lipinski definition) is 3. The molecule has 4 heteroatoms. The van der Waals surface area contributed by atoms with Crippen molar-refractivity contribution in [3.8, 4) is 0 Å². The van der Waals surface area contributed by atoms with Crippen molar-refractivity contribution in [2.24, 2.45) is 5.92 Å². The average Bonchev–Trinajstić information content (AvgIpc) is 3.17. The third-order valence-corrected chi connectivity index (χ3v) is 8.62. The van der Waals surface area contributed by atoms with E-state index in [0.717, 1.165) is 56.9 Å². The highest BCUT2D eigenvalue weighted by molar-refractivity contribution is 5.96. The van der Waals surface area contributed by atoms with Crippen LogP contribution in [0.1, 0.15) is 70.3 Å². The summed E-state index contributed by atoms with van der Waals surface area (Å²) in [4.78, 5) is 21.7. The molecule has 3 aromatic rings. The normalized spacial score (nSPS) is 16.8. The van der Waals surface area contributed by atoms with E-state index >= 15 is 0 Å². The first-order valence-corrected chi connectivity index (χ1v) is 14.7. The van der Waals surface area contributed by atoms with E-state index in [1.807, 2.05) is 18.2 Å². The van der Waals surface area contributed by atoms with Crippen LogP contribution in [0.3, 0.4) is 0 Å². The number of ketones is 1. The molecule has 1 saturated heterocycles. The fraction of sp³-hybridized carbons (Fsp3) is 0.429. The zero-order chi connectivity index (χ0) is 27.0. The minimum Gasteiger partial charge on any atom is -0.299 e. The van der Waals surface area contributed by atoms with Gasteiger partial charge in [0.15, 0.2) is 11.5 Å². The molecular formula is C35H41N3O. The van der Waals surface area contributed by atoms with E-state index in [2.05, 4.69) is 70.1 Å². The number of carbonyl (C=O) groups excluding carboxylic acids is 1. The Bertz CT molecular complexity index is 1300. The summed E-state index contributed by atoms with van der Waals surface area (Å²) in [5.41, 5.74) is 8.23. The molecular weight excluding hydrogens is 478 g/mol. The lowest BCUT2D eigenvalue weighted by Gasteiger charge is -2.32. The van der Waals surface area contributed by atoms with E-state index in [4.69, 9.17) is 6.57 Å². The first-order valence-electron chi connectivity index (χ1n) is 14.7. The second-order valence-electron chi connectivity index (χ2n) is 11.6. The first-order chi connectivity index (χ1) is 19.1. The number of aryl methyl sites for hydroxylation is 1. The van der Waals surface area contributed by atoms with Crippen molar-refractivity contribution in [1.29, 1.82) is 0 Å². The fourth-order valence-corrected chi connectivity index (χ4v) is 6.17. The number of hydrogen-bond donors (Lipinski definition) is 0. The predicted molar refractivity (Wildman–Crippen MR) is 159 cm³/mol. The molecule has 39 heavy (non-hydrogen) atoms. The number of fused-ring (bicyclic) bond motifs is 1. The molecule has 0 aliphatic carbocycles. The van der Waals surface area contributed by atoms with Gasteiger partial charge in [-0.3, -0.25) is 14.6 Å². The third-order valence-electron chi connectivity index (χ3n) is 8.62. The van der Waals surface area contributed by atoms with Crippen LogP contribution in [0.25, 0.3) is 4.85 Å². The van der Waals surface area contributed by atoms with E-state index in [0.29, 0.717) is 17.9 Å². The number of carbonyl (C=O) groups is 1. The van der Waals surface area contributed by atoms with Gasteiger partial charge in [-0.2, -0.15) is 0 Å². The Morgan fingerprint density at radius 2 is 1.56 bits per heavy atom. The van der Waals surface area contributed by atoms with Gasteiger partial charge in [-0.15, -0.1) is 0 Å². The molecule has 0 bridgehead atoms. The monoisotopic (exact) mass is 519 g/mol. The highest BCUT2D eigenvalue weighted by Crippen LogP contribution is 2.25. The lowest BCUT2D eigenvalue weighted by Crippen LogP contribution is -2.33. The van der Waals surface area contributed by atoms with Crippen molar-refractivity contribution < 1.29 is 4.79 Å². The third kappa shape index (κ3) is 7.66. The molecule has 4 nitrogen and oxygen atoms in total. The van der Waals surface area contributed by atoms with Gasteiger partial charge >= 0.3 is 0 Å². The van der Waals surface area contributed by atoms with Gasteiger partial charge < -0.3 is 0 Å². The van der Waals surface area contributed by atoms with Crippen LogP contribution in [0.4, 0.5) is 5.69 Å². The molecule has 0 aromatic heterocycles. The van der Waals surface area contributed by atoms with E-state index in [1.54, 1.807) is 0 Å². The van der Waals surface area contributed by atoms with Gasteiger partial charge in [-0.05, 0) is 92.8 Å². The standard InChI is InChI=1S/C35H41N3O/c1-27-9-11-29(12-10-27)25-37-19-15-28(16-20-37)5-4-8-35(39)33-14-13-31-17-21-38(22-18-32(31)24-33)26-30-6-3-7-34(23-30)36-2/h3,6-7,9-14,23-24,28H,4-5,8,15-22,25-26H2,1H3. The molecule has 5 rings (SSSR count). The summed E-state index contributed by atoms with van der Waals surface area (Å²) in [7, 11) is 0. The number of benzene rings is 3. The zero-order valence-electron chi connectivity index (χ0n) is 23.4. The van der Waals surface area contributed by atoms with Crippen LogP contribution < -0.4 is 0 Å². The smallest absolute Gasteiger partial charge is 0.187 e. The van der Waals surface area contributed by atoms with Gasteiger partial charge in [-0.1, -0.05) is 66.2 Å². The molecule has 2 heterocycles. The van der Waals surface area contributed by atoms with Gasteiger partial charge in [0.05, 0.1) is 6.57 Å². The lowest BCUT2D eigenvalue weighted by atomic mass is 9.90. The summed E-state index contributed by atoms with van der Waals surface area (Å²) in [6, 6.07) is 23.3. The number of Topliss-reactive ketones (excluding diaryl/α,β-unsaturated/α-hetero) is 1. The van der Waals surface area contributed by atoms with Crippen LogP contribution in [0, 0.1) is 19.4 Å². The van der Waals surface area contributed by atoms with Crippen LogP contribution in [-0.2, 0) is 25.9 Å². The summed E-state index contributed by atoms with van der Waals surface area (Å²) in [5.74, 6) is 1.05. The van der Waals surface area contributed by atoms with Crippen molar-refractivity contribution in [3.63, 3.8) is 0 Å². The van der Waals surface area contributed by atoms with E-state index in [9.17, 15) is 4.79 Å². The highest BCUT2D eigenvalue weighted by atomic mass is 16.1. The molecule has 3 aromatic carbocycles. The average molecular weight is 520 g/mol. The molecule has 202 valence electrons. The summed E-state index contributed by atoms with van der Waals surface area (Å²) >= 11 is 0. The second-order valence-corrected chi connectivity index (χ2v) is 11.6. The van der Waals surface area contributed by atoms with E-state index < -0.39 is 0 Å². The van der Waals surface area contributed by atoms with E-state index in [1.165, 1.54) is 60.2 Å². The summed E-state index contributed by atoms with van der Waals surface area (Å²) in [6.45, 7) is 15.6. The second kappa shape index (κ2) is 13.2. The molecule has 0 unspecified atom stereocenters. The van der Waals surface area contributed by atoms with Gasteiger partial charge in [0, 0.05) is 38.2 Å². The zero-order valence-corrected chi connectivity index (χ0v) is 23.4. The van der Waals surface area contributed by atoms with Crippen LogP contribution in [0.2, 0.25) is 0 Å². The van der Waals surface area contributed by atoms with Crippen LogP contribution >= 0.6 is 0 Å². The molecule has 0 saturated carbocycles. The number of likely N-dealkylation sites (tertiary alicyclic amines) is 1. The van der Waals surface area contributed by atoms with Gasteiger partial charge in [-0.25, -0.2) is 4.85 Å². The Morgan fingerprint density at radius 1 is 0.846 bits per heavy atom. The maximum absolute atomic E-state index is 13.1. The Morgan fingerprint density at radius 3 is 2.33 bits per heavy atom. The van der Waals surface area contributed by atoms with Crippen LogP contribution in [0.15, 0.2) is 66.7 Å². The maximum Gasteiger partial charge on any atom is 0.187 e. The SMILES string of the molecule is [C-]#[N+]c1cccc(CN2CCc3ccc(C(=O)CCCC4CCN(Cc5ccc(C)cc5)CC4)cc3CC2)c1. The quantitative estimate of drug-likeness (QED) is 0.218. The Balaban J connectivity index is 1.05. The molecule has 1 fully saturated rings. The Kier molecular flexibility index (Phi) is 9.24. The Labute approximate surface area is 234 Å². The molecule has 0 spiro atoms. The first kappa shape index (κ1) is 27.3. The number of nitrogens with zero attached hydrogens (tertiary/aromatic N) is 3. The molecule has 0 amide bonds. The maximum atomic E-state index is 13.1. The van der Waals surface area contributed by atoms with Crippen molar-refractivity contribution in [3.05, 3.63) is 112 Å². The van der Waals surface area contributed by atoms with Gasteiger partial charge in [0.2, 0.25) is 0 Å². The van der Waals surface area contributed by atoms with Gasteiger partial charge in [0.1, 0.15) is 0 Å². The van der Waals surface area contributed by atoms with Crippen molar-refractivity contribution in [2.45, 2.75) is 65.0 Å². The predicted octanol–water partition coefficient (Wildman–Crippen LogP) is 7.41. The van der Waals surface area contributed by atoms with E-state index in [-0.39, 0.29) is 0 Å². The molecule has 0 radical (unpaired) electrons. The highest BCUT2D eigenvalue weighted by Gasteiger charge is 2.20. The van der Waals surface area contributed by atoms with Gasteiger partial charge in [0.25, 0.3) is 0 Å². The minimum absolute atomic E-state index is 0.298. The summed E-state index contributed by atoms with van der Waals surface area (Å²) in [6.07, 6.45) is 7.30. The summed E-state index contributed by atoms with van der Waals surface area (Å²) < 4.78 is 0. The molecule has 0 atom stereocenters.